The Morgan fingerprint density at radius 2 is 2.39 bits per heavy atom. The zero-order chi connectivity index (χ0) is 13.0. The summed E-state index contributed by atoms with van der Waals surface area (Å²) in [7, 11) is 3.49. The maximum atomic E-state index is 9.03. The smallest absolute Gasteiger partial charge is 0.225 e. The molecular formula is C12H12N4OS. The number of aromatic nitrogens is 2. The van der Waals surface area contributed by atoms with E-state index in [0.717, 1.165) is 4.88 Å². The minimum atomic E-state index is 0.566. The summed E-state index contributed by atoms with van der Waals surface area (Å²) < 4.78 is 9.17. The molecule has 2 aromatic heterocycles. The predicted octanol–water partition coefficient (Wildman–Crippen LogP) is 2.05. The number of nitriles is 1. The molecule has 0 unspecified atom stereocenters. The van der Waals surface area contributed by atoms with Crippen LogP contribution in [0.2, 0.25) is 0 Å². The van der Waals surface area contributed by atoms with Crippen LogP contribution >= 0.6 is 11.5 Å². The molecule has 18 heavy (non-hydrogen) atoms. The molecule has 0 saturated carbocycles. The Morgan fingerprint density at radius 1 is 1.56 bits per heavy atom. The minimum absolute atomic E-state index is 0.566. The molecule has 0 aromatic carbocycles. The summed E-state index contributed by atoms with van der Waals surface area (Å²) >= 11 is 1.38. The highest BCUT2D eigenvalue weighted by atomic mass is 32.1. The van der Waals surface area contributed by atoms with Crippen molar-refractivity contribution in [2.45, 2.75) is 6.54 Å². The largest absolute Gasteiger partial charge is 0.480 e. The van der Waals surface area contributed by atoms with E-state index >= 15 is 0 Å². The molecule has 0 aliphatic carbocycles. The van der Waals surface area contributed by atoms with E-state index < -0.39 is 0 Å². The molecule has 5 nitrogen and oxygen atoms in total. The molecule has 0 bridgehead atoms. The van der Waals surface area contributed by atoms with E-state index in [9.17, 15) is 0 Å². The van der Waals surface area contributed by atoms with E-state index in [4.69, 9.17) is 10.00 Å². The van der Waals surface area contributed by atoms with Crippen molar-refractivity contribution in [2.75, 3.05) is 19.1 Å². The Kier molecular flexibility index (Phi) is 3.75. The zero-order valence-corrected chi connectivity index (χ0v) is 10.9. The molecule has 2 aromatic rings. The van der Waals surface area contributed by atoms with Crippen molar-refractivity contribution in [3.05, 3.63) is 34.8 Å². The summed E-state index contributed by atoms with van der Waals surface area (Å²) in [5.41, 5.74) is 0.566. The van der Waals surface area contributed by atoms with Gasteiger partial charge in [-0.2, -0.15) is 9.64 Å². The number of anilines is 1. The van der Waals surface area contributed by atoms with E-state index in [1.807, 2.05) is 18.0 Å². The molecule has 92 valence electrons. The van der Waals surface area contributed by atoms with Crippen molar-refractivity contribution in [1.82, 2.24) is 9.36 Å². The first-order chi connectivity index (χ1) is 8.74. The van der Waals surface area contributed by atoms with Crippen molar-refractivity contribution >= 4 is 17.4 Å². The lowest BCUT2D eigenvalue weighted by molar-refractivity contribution is 0.402. The Balaban J connectivity index is 2.17. The van der Waals surface area contributed by atoms with Crippen molar-refractivity contribution < 1.29 is 4.74 Å². The lowest BCUT2D eigenvalue weighted by Crippen LogP contribution is -2.18. The van der Waals surface area contributed by atoms with Gasteiger partial charge in [0.15, 0.2) is 0 Å². The molecule has 0 aliphatic rings. The predicted molar refractivity (Wildman–Crippen MR) is 69.7 cm³/mol. The van der Waals surface area contributed by atoms with Crippen LogP contribution in [-0.2, 0) is 6.54 Å². The van der Waals surface area contributed by atoms with Crippen molar-refractivity contribution in [2.24, 2.45) is 0 Å². The van der Waals surface area contributed by atoms with Crippen LogP contribution in [0, 0.1) is 11.3 Å². The van der Waals surface area contributed by atoms with E-state index in [-0.39, 0.29) is 0 Å². The fourth-order valence-electron chi connectivity index (χ4n) is 1.56. The number of methoxy groups -OCH3 is 1. The summed E-state index contributed by atoms with van der Waals surface area (Å²) in [6.07, 6.45) is 1.68. The van der Waals surface area contributed by atoms with Gasteiger partial charge in [-0.15, -0.1) is 0 Å². The Morgan fingerprint density at radius 3 is 3.06 bits per heavy atom. The fraction of sp³-hybridized carbons (Fsp3) is 0.250. The highest BCUT2D eigenvalue weighted by molar-refractivity contribution is 7.05. The summed E-state index contributed by atoms with van der Waals surface area (Å²) in [6.45, 7) is 0.646. The van der Waals surface area contributed by atoms with Gasteiger partial charge in [-0.05, 0) is 23.7 Å². The van der Waals surface area contributed by atoms with Gasteiger partial charge in [-0.25, -0.2) is 4.98 Å². The standard InChI is InChI=1S/C12H12N4OS/c1-16(8-10-6-11(17-2)15-18-10)12-9(7-13)4-3-5-14-12/h3-6H,8H2,1-2H3. The number of pyridine rings is 1. The molecule has 0 N–H and O–H groups in total. The number of ether oxygens (including phenoxy) is 1. The molecule has 6 heteroatoms. The van der Waals surface area contributed by atoms with Crippen LogP contribution in [0.5, 0.6) is 5.88 Å². The van der Waals surface area contributed by atoms with E-state index in [2.05, 4.69) is 15.4 Å². The first-order valence-electron chi connectivity index (χ1n) is 5.30. The highest BCUT2D eigenvalue weighted by Gasteiger charge is 2.10. The van der Waals surface area contributed by atoms with Crippen LogP contribution in [-0.4, -0.2) is 23.5 Å². The van der Waals surface area contributed by atoms with Gasteiger partial charge in [0.25, 0.3) is 0 Å². The van der Waals surface area contributed by atoms with Crippen LogP contribution in [0.4, 0.5) is 5.82 Å². The van der Waals surface area contributed by atoms with E-state index in [1.54, 1.807) is 25.4 Å². The third kappa shape index (κ3) is 2.57. The van der Waals surface area contributed by atoms with E-state index in [0.29, 0.717) is 23.8 Å². The van der Waals surface area contributed by atoms with Crippen LogP contribution in [0.1, 0.15) is 10.4 Å². The second kappa shape index (κ2) is 5.47. The van der Waals surface area contributed by atoms with Crippen molar-refractivity contribution in [1.29, 1.82) is 5.26 Å². The first kappa shape index (κ1) is 12.3. The normalized spacial score (nSPS) is 9.83. The number of rotatable bonds is 4. The van der Waals surface area contributed by atoms with Gasteiger partial charge in [0.05, 0.1) is 19.2 Å². The molecule has 2 heterocycles. The minimum Gasteiger partial charge on any atom is -0.480 e. The average molecular weight is 260 g/mol. The van der Waals surface area contributed by atoms with Gasteiger partial charge < -0.3 is 9.64 Å². The zero-order valence-electron chi connectivity index (χ0n) is 10.1. The van der Waals surface area contributed by atoms with Crippen LogP contribution in [0.15, 0.2) is 24.4 Å². The monoisotopic (exact) mass is 260 g/mol. The van der Waals surface area contributed by atoms with Gasteiger partial charge in [0.1, 0.15) is 11.9 Å². The molecule has 0 fully saturated rings. The number of hydrogen-bond donors (Lipinski definition) is 0. The second-order valence-electron chi connectivity index (χ2n) is 3.68. The molecule has 0 radical (unpaired) electrons. The molecule has 0 amide bonds. The third-order valence-electron chi connectivity index (χ3n) is 2.41. The van der Waals surface area contributed by atoms with Gasteiger partial charge in [0.2, 0.25) is 5.88 Å². The maximum absolute atomic E-state index is 9.03. The van der Waals surface area contributed by atoms with Gasteiger partial charge >= 0.3 is 0 Å². The summed E-state index contributed by atoms with van der Waals surface area (Å²) in [6, 6.07) is 7.53. The molecule has 0 saturated heterocycles. The Bertz CT molecular complexity index is 575. The summed E-state index contributed by atoms with van der Waals surface area (Å²) in [5, 5.41) is 9.03. The highest BCUT2D eigenvalue weighted by Crippen LogP contribution is 2.21. The summed E-state index contributed by atoms with van der Waals surface area (Å²) in [4.78, 5) is 7.21. The molecule has 0 aliphatic heterocycles. The van der Waals surface area contributed by atoms with Gasteiger partial charge in [0, 0.05) is 24.2 Å². The van der Waals surface area contributed by atoms with Crippen molar-refractivity contribution in [3.63, 3.8) is 0 Å². The van der Waals surface area contributed by atoms with Crippen LogP contribution in [0.25, 0.3) is 0 Å². The lowest BCUT2D eigenvalue weighted by atomic mass is 10.2. The maximum Gasteiger partial charge on any atom is 0.225 e. The quantitative estimate of drug-likeness (QED) is 0.842. The molecule has 0 atom stereocenters. The Hall–Kier alpha value is -2.13. The Labute approximate surface area is 109 Å². The topological polar surface area (TPSA) is 62.0 Å². The molecular weight excluding hydrogens is 248 g/mol. The van der Waals surface area contributed by atoms with Crippen molar-refractivity contribution in [3.8, 4) is 11.9 Å². The number of hydrogen-bond acceptors (Lipinski definition) is 6. The van der Waals surface area contributed by atoms with Gasteiger partial charge in [-0.1, -0.05) is 0 Å². The lowest BCUT2D eigenvalue weighted by Gasteiger charge is -2.17. The second-order valence-corrected chi connectivity index (χ2v) is 4.57. The summed E-state index contributed by atoms with van der Waals surface area (Å²) in [5.74, 6) is 1.29. The van der Waals surface area contributed by atoms with Crippen LogP contribution in [0.3, 0.4) is 0 Å². The SMILES string of the molecule is COc1cc(CN(C)c2ncccc2C#N)sn1. The first-order valence-corrected chi connectivity index (χ1v) is 6.07. The average Bonchev–Trinajstić information content (AvgIpc) is 2.86. The van der Waals surface area contributed by atoms with Crippen LogP contribution < -0.4 is 9.64 Å². The fourth-order valence-corrected chi connectivity index (χ4v) is 2.30. The number of nitrogens with zero attached hydrogens (tertiary/aromatic N) is 4. The molecule has 0 spiro atoms. The third-order valence-corrected chi connectivity index (χ3v) is 3.16. The molecule has 2 rings (SSSR count). The van der Waals surface area contributed by atoms with Gasteiger partial charge in [-0.3, -0.25) is 0 Å². The van der Waals surface area contributed by atoms with E-state index in [1.165, 1.54) is 11.5 Å².